The number of aryl methyl sites for hydroxylation is 1. The van der Waals surface area contributed by atoms with Crippen LogP contribution in [0.15, 0.2) is 41.3 Å². The van der Waals surface area contributed by atoms with Gasteiger partial charge in [0, 0.05) is 39.1 Å². The molecule has 2 aromatic heterocycles. The fourth-order valence-electron chi connectivity index (χ4n) is 4.69. The van der Waals surface area contributed by atoms with Crippen LogP contribution in [-0.4, -0.2) is 52.7 Å². The molecule has 1 saturated heterocycles. The largest absolute Gasteiger partial charge is 0.379 e. The molecule has 154 valence electrons. The molecule has 4 atom stereocenters. The highest BCUT2D eigenvalue weighted by Gasteiger charge is 2.44. The van der Waals surface area contributed by atoms with E-state index in [0.29, 0.717) is 24.9 Å². The fraction of sp³-hybridized carbons (Fsp3) is 0.500. The highest BCUT2D eigenvalue weighted by atomic mass is 16.5. The maximum atomic E-state index is 13.1. The monoisotopic (exact) mass is 396 g/mol. The van der Waals surface area contributed by atoms with Crippen LogP contribution in [0, 0.1) is 18.8 Å². The van der Waals surface area contributed by atoms with Gasteiger partial charge in [0.1, 0.15) is 11.4 Å². The Morgan fingerprint density at radius 1 is 1.17 bits per heavy atom. The van der Waals surface area contributed by atoms with Crippen molar-refractivity contribution in [2.24, 2.45) is 18.9 Å². The van der Waals surface area contributed by atoms with Crippen molar-refractivity contribution in [3.63, 3.8) is 0 Å². The number of methoxy groups -OCH3 is 1. The average Bonchev–Trinajstić information content (AvgIpc) is 3.15. The number of carbonyl (C=O) groups excluding carboxylic acids is 1. The number of rotatable bonds is 4. The van der Waals surface area contributed by atoms with E-state index in [0.717, 1.165) is 24.4 Å². The molecule has 29 heavy (non-hydrogen) atoms. The quantitative estimate of drug-likeness (QED) is 0.856. The average molecular weight is 396 g/mol. The van der Waals surface area contributed by atoms with Crippen molar-refractivity contribution >= 4 is 11.7 Å². The number of anilines is 1. The van der Waals surface area contributed by atoms with Gasteiger partial charge in [-0.25, -0.2) is 4.98 Å². The zero-order valence-electron chi connectivity index (χ0n) is 17.2. The number of pyridine rings is 2. The third kappa shape index (κ3) is 3.79. The second-order valence-electron chi connectivity index (χ2n) is 8.19. The Morgan fingerprint density at radius 2 is 1.93 bits per heavy atom. The first-order chi connectivity index (χ1) is 14.0. The first-order valence-electron chi connectivity index (χ1n) is 10.1. The standard InChI is InChI=1S/C22H28N4O3/c1-14-7-8-17(21(27)25(14)2)22(28)26-12-15-10-18(19(29-3)11-16(15)13-26)24-20-6-4-5-9-23-20/h4-9,15-16,18-19H,10-13H2,1-3H3,(H,23,24)/t15-,16+,18-,19-/m1/s1. The highest BCUT2D eigenvalue weighted by molar-refractivity contribution is 5.94. The number of hydrogen-bond acceptors (Lipinski definition) is 5. The van der Waals surface area contributed by atoms with Gasteiger partial charge in [0.15, 0.2) is 0 Å². The summed E-state index contributed by atoms with van der Waals surface area (Å²) >= 11 is 0. The maximum absolute atomic E-state index is 13.1. The number of fused-ring (bicyclic) bond motifs is 1. The zero-order chi connectivity index (χ0) is 20.5. The molecule has 0 radical (unpaired) electrons. The molecule has 0 spiro atoms. The second kappa shape index (κ2) is 7.99. The van der Waals surface area contributed by atoms with Gasteiger partial charge in [0.25, 0.3) is 11.5 Å². The molecule has 2 fully saturated rings. The summed E-state index contributed by atoms with van der Waals surface area (Å²) in [5, 5.41) is 3.50. The predicted molar refractivity (Wildman–Crippen MR) is 111 cm³/mol. The molecule has 1 aliphatic carbocycles. The van der Waals surface area contributed by atoms with Crippen LogP contribution in [-0.2, 0) is 11.8 Å². The highest BCUT2D eigenvalue weighted by Crippen LogP contribution is 2.38. The molecule has 1 aliphatic heterocycles. The predicted octanol–water partition coefficient (Wildman–Crippen LogP) is 2.07. The summed E-state index contributed by atoms with van der Waals surface area (Å²) in [5.74, 6) is 1.45. The number of carbonyl (C=O) groups is 1. The Bertz CT molecular complexity index is 943. The molecule has 0 aromatic carbocycles. The normalized spacial score (nSPS) is 26.2. The van der Waals surface area contributed by atoms with Crippen LogP contribution in [0.1, 0.15) is 28.9 Å². The fourth-order valence-corrected chi connectivity index (χ4v) is 4.69. The Balaban J connectivity index is 1.49. The summed E-state index contributed by atoms with van der Waals surface area (Å²) in [5.41, 5.74) is 0.866. The van der Waals surface area contributed by atoms with Gasteiger partial charge in [0.2, 0.25) is 0 Å². The minimum absolute atomic E-state index is 0.0700. The van der Waals surface area contributed by atoms with Crippen molar-refractivity contribution in [3.05, 3.63) is 58.1 Å². The molecule has 0 bridgehead atoms. The van der Waals surface area contributed by atoms with Crippen molar-refractivity contribution < 1.29 is 9.53 Å². The molecule has 4 rings (SSSR count). The molecular formula is C22H28N4O3. The molecule has 3 heterocycles. The topological polar surface area (TPSA) is 76.5 Å². The lowest BCUT2D eigenvalue weighted by atomic mass is 9.77. The second-order valence-corrected chi connectivity index (χ2v) is 8.19. The van der Waals surface area contributed by atoms with E-state index in [1.54, 1.807) is 26.4 Å². The van der Waals surface area contributed by atoms with Crippen LogP contribution in [0.2, 0.25) is 0 Å². The van der Waals surface area contributed by atoms with E-state index in [1.807, 2.05) is 36.1 Å². The number of hydrogen-bond donors (Lipinski definition) is 1. The van der Waals surface area contributed by atoms with E-state index in [4.69, 9.17) is 4.74 Å². The lowest BCUT2D eigenvalue weighted by molar-refractivity contribution is 0.0304. The third-order valence-corrected chi connectivity index (χ3v) is 6.49. The molecule has 2 aliphatic rings. The van der Waals surface area contributed by atoms with Crippen molar-refractivity contribution in [2.75, 3.05) is 25.5 Å². The van der Waals surface area contributed by atoms with E-state index >= 15 is 0 Å². The molecule has 7 heteroatoms. The van der Waals surface area contributed by atoms with Gasteiger partial charge in [0.05, 0.1) is 12.1 Å². The van der Waals surface area contributed by atoms with Gasteiger partial charge in [-0.3, -0.25) is 9.59 Å². The van der Waals surface area contributed by atoms with Gasteiger partial charge in [-0.2, -0.15) is 0 Å². The molecular weight excluding hydrogens is 368 g/mol. The van der Waals surface area contributed by atoms with Crippen LogP contribution in [0.5, 0.6) is 0 Å². The number of nitrogens with one attached hydrogen (secondary N) is 1. The van der Waals surface area contributed by atoms with Crippen LogP contribution >= 0.6 is 0 Å². The molecule has 1 saturated carbocycles. The number of ether oxygens (including phenoxy) is 1. The van der Waals surface area contributed by atoms with Crippen LogP contribution in [0.3, 0.4) is 0 Å². The summed E-state index contributed by atoms with van der Waals surface area (Å²) in [6.45, 7) is 3.22. The molecule has 0 unspecified atom stereocenters. The van der Waals surface area contributed by atoms with Gasteiger partial charge in [-0.1, -0.05) is 6.07 Å². The lowest BCUT2D eigenvalue weighted by Crippen LogP contribution is -2.44. The number of nitrogens with zero attached hydrogens (tertiary/aromatic N) is 3. The molecule has 2 aromatic rings. The van der Waals surface area contributed by atoms with Crippen molar-refractivity contribution in [1.82, 2.24) is 14.5 Å². The van der Waals surface area contributed by atoms with Crippen LogP contribution in [0.4, 0.5) is 5.82 Å². The summed E-state index contributed by atoms with van der Waals surface area (Å²) in [6.07, 6.45) is 3.64. The van der Waals surface area contributed by atoms with Gasteiger partial charge in [-0.05, 0) is 55.9 Å². The summed E-state index contributed by atoms with van der Waals surface area (Å²) < 4.78 is 7.30. The molecule has 7 nitrogen and oxygen atoms in total. The van der Waals surface area contributed by atoms with E-state index in [9.17, 15) is 9.59 Å². The Kier molecular flexibility index (Phi) is 5.41. The zero-order valence-corrected chi connectivity index (χ0v) is 17.2. The maximum Gasteiger partial charge on any atom is 0.263 e. The van der Waals surface area contributed by atoms with Gasteiger partial charge in [-0.15, -0.1) is 0 Å². The number of aromatic nitrogens is 2. The minimum Gasteiger partial charge on any atom is -0.379 e. The first-order valence-corrected chi connectivity index (χ1v) is 10.1. The number of likely N-dealkylation sites (tertiary alicyclic amines) is 1. The van der Waals surface area contributed by atoms with E-state index < -0.39 is 0 Å². The summed E-state index contributed by atoms with van der Waals surface area (Å²) in [6, 6.07) is 9.44. The van der Waals surface area contributed by atoms with E-state index in [2.05, 4.69) is 10.3 Å². The SMILES string of the molecule is CO[C@@H]1C[C@H]2CN(C(=O)c3ccc(C)n(C)c3=O)C[C@H]2C[C@H]1Nc1ccccn1. The Morgan fingerprint density at radius 3 is 2.62 bits per heavy atom. The van der Waals surface area contributed by atoms with Crippen molar-refractivity contribution in [1.29, 1.82) is 0 Å². The van der Waals surface area contributed by atoms with Crippen LogP contribution < -0.4 is 10.9 Å². The van der Waals surface area contributed by atoms with Gasteiger partial charge < -0.3 is 19.5 Å². The minimum atomic E-state index is -0.227. The summed E-state index contributed by atoms with van der Waals surface area (Å²) in [4.78, 5) is 31.8. The summed E-state index contributed by atoms with van der Waals surface area (Å²) in [7, 11) is 3.45. The van der Waals surface area contributed by atoms with Crippen molar-refractivity contribution in [2.45, 2.75) is 31.9 Å². The van der Waals surface area contributed by atoms with E-state index in [-0.39, 0.29) is 29.2 Å². The smallest absolute Gasteiger partial charge is 0.263 e. The van der Waals surface area contributed by atoms with Crippen LogP contribution in [0.25, 0.3) is 0 Å². The lowest BCUT2D eigenvalue weighted by Gasteiger charge is -2.37. The van der Waals surface area contributed by atoms with Gasteiger partial charge >= 0.3 is 0 Å². The first kappa shape index (κ1) is 19.6. The number of amides is 1. The van der Waals surface area contributed by atoms with E-state index in [1.165, 1.54) is 4.57 Å². The molecule has 1 amide bonds. The Labute approximate surface area is 170 Å². The molecule has 1 N–H and O–H groups in total. The van der Waals surface area contributed by atoms with Crippen molar-refractivity contribution in [3.8, 4) is 0 Å². The third-order valence-electron chi connectivity index (χ3n) is 6.49. The Hall–Kier alpha value is -2.67.